The molecule has 0 aliphatic carbocycles. The SMILES string of the molecule is O=C(CCc1nc2ccccc2c(=O)[nH]1)NCCCSc1ccc(F)cc1. The van der Waals surface area contributed by atoms with Crippen molar-refractivity contribution in [1.29, 1.82) is 0 Å². The van der Waals surface area contributed by atoms with Crippen LogP contribution in [0.3, 0.4) is 0 Å². The van der Waals surface area contributed by atoms with Gasteiger partial charge in [0.15, 0.2) is 0 Å². The number of hydrogen-bond acceptors (Lipinski definition) is 4. The standard InChI is InChI=1S/C20H20FN3O2S/c21-14-6-8-15(9-7-14)27-13-3-12-22-19(25)11-10-18-23-17-5-2-1-4-16(17)20(26)24-18/h1-2,4-9H,3,10-13H2,(H,22,25)(H,23,24,26). The van der Waals surface area contributed by atoms with Gasteiger partial charge >= 0.3 is 0 Å². The zero-order valence-corrected chi connectivity index (χ0v) is 15.5. The molecular formula is C20H20FN3O2S. The Bertz CT molecular complexity index is 973. The number of hydrogen-bond donors (Lipinski definition) is 2. The molecule has 27 heavy (non-hydrogen) atoms. The molecule has 1 aromatic heterocycles. The molecule has 0 saturated carbocycles. The Morgan fingerprint density at radius 2 is 1.93 bits per heavy atom. The van der Waals surface area contributed by atoms with Crippen molar-refractivity contribution in [3.8, 4) is 0 Å². The van der Waals surface area contributed by atoms with E-state index in [1.807, 2.05) is 6.07 Å². The monoisotopic (exact) mass is 385 g/mol. The Balaban J connectivity index is 1.38. The van der Waals surface area contributed by atoms with Crippen LogP contribution in [-0.2, 0) is 11.2 Å². The van der Waals surface area contributed by atoms with Gasteiger partial charge in [0.25, 0.3) is 5.56 Å². The molecule has 1 amide bonds. The first-order valence-electron chi connectivity index (χ1n) is 8.75. The fourth-order valence-corrected chi connectivity index (χ4v) is 3.45. The molecule has 5 nitrogen and oxygen atoms in total. The van der Waals surface area contributed by atoms with Crippen molar-refractivity contribution in [2.75, 3.05) is 12.3 Å². The molecule has 0 aliphatic rings. The number of halogens is 1. The molecule has 3 rings (SSSR count). The number of para-hydroxylation sites is 1. The second kappa shape index (κ2) is 9.32. The number of aryl methyl sites for hydroxylation is 1. The molecule has 0 spiro atoms. The van der Waals surface area contributed by atoms with Gasteiger partial charge in [0.2, 0.25) is 5.91 Å². The molecule has 2 aromatic carbocycles. The number of fused-ring (bicyclic) bond motifs is 1. The summed E-state index contributed by atoms with van der Waals surface area (Å²) in [5, 5.41) is 3.41. The van der Waals surface area contributed by atoms with Crippen molar-refractivity contribution in [2.45, 2.75) is 24.2 Å². The number of rotatable bonds is 8. The lowest BCUT2D eigenvalue weighted by Crippen LogP contribution is -2.25. The maximum Gasteiger partial charge on any atom is 0.258 e. The van der Waals surface area contributed by atoms with E-state index < -0.39 is 0 Å². The maximum atomic E-state index is 12.8. The van der Waals surface area contributed by atoms with Crippen molar-refractivity contribution >= 4 is 28.6 Å². The van der Waals surface area contributed by atoms with Gasteiger partial charge in [-0.15, -0.1) is 11.8 Å². The van der Waals surface area contributed by atoms with Crippen LogP contribution in [0.25, 0.3) is 10.9 Å². The normalized spacial score (nSPS) is 10.9. The highest BCUT2D eigenvalue weighted by Crippen LogP contribution is 2.18. The first-order chi connectivity index (χ1) is 13.1. The van der Waals surface area contributed by atoms with Crippen LogP contribution < -0.4 is 10.9 Å². The summed E-state index contributed by atoms with van der Waals surface area (Å²) in [4.78, 5) is 32.1. The van der Waals surface area contributed by atoms with Gasteiger partial charge < -0.3 is 10.3 Å². The molecule has 1 heterocycles. The molecule has 0 bridgehead atoms. The molecule has 0 saturated heterocycles. The highest BCUT2D eigenvalue weighted by atomic mass is 32.2. The summed E-state index contributed by atoms with van der Waals surface area (Å²) in [6.45, 7) is 0.578. The summed E-state index contributed by atoms with van der Waals surface area (Å²) < 4.78 is 12.8. The molecule has 7 heteroatoms. The molecule has 0 aliphatic heterocycles. The van der Waals surface area contributed by atoms with E-state index in [1.54, 1.807) is 42.1 Å². The van der Waals surface area contributed by atoms with E-state index in [0.29, 0.717) is 29.7 Å². The number of thioether (sulfide) groups is 1. The Labute approximate surface area is 160 Å². The van der Waals surface area contributed by atoms with E-state index in [1.165, 1.54) is 12.1 Å². The number of benzene rings is 2. The van der Waals surface area contributed by atoms with E-state index in [4.69, 9.17) is 0 Å². The van der Waals surface area contributed by atoms with E-state index in [0.717, 1.165) is 17.1 Å². The number of amides is 1. The van der Waals surface area contributed by atoms with Crippen LogP contribution in [0.5, 0.6) is 0 Å². The van der Waals surface area contributed by atoms with Crippen LogP contribution >= 0.6 is 11.8 Å². The fourth-order valence-electron chi connectivity index (χ4n) is 2.59. The van der Waals surface area contributed by atoms with Gasteiger partial charge in [-0.25, -0.2) is 9.37 Å². The summed E-state index contributed by atoms with van der Waals surface area (Å²) in [6, 6.07) is 13.5. The van der Waals surface area contributed by atoms with Crippen LogP contribution in [0, 0.1) is 5.82 Å². The number of H-pyrrole nitrogens is 1. The van der Waals surface area contributed by atoms with Crippen molar-refractivity contribution in [1.82, 2.24) is 15.3 Å². The van der Waals surface area contributed by atoms with E-state index in [-0.39, 0.29) is 23.7 Å². The van der Waals surface area contributed by atoms with Gasteiger partial charge in [0, 0.05) is 24.3 Å². The fraction of sp³-hybridized carbons (Fsp3) is 0.250. The number of carbonyl (C=O) groups is 1. The minimum atomic E-state index is -0.242. The number of aromatic nitrogens is 2. The maximum absolute atomic E-state index is 12.8. The first-order valence-corrected chi connectivity index (χ1v) is 9.73. The minimum Gasteiger partial charge on any atom is -0.356 e. The Morgan fingerprint density at radius 1 is 1.15 bits per heavy atom. The van der Waals surface area contributed by atoms with Crippen molar-refractivity contribution < 1.29 is 9.18 Å². The Morgan fingerprint density at radius 3 is 2.74 bits per heavy atom. The van der Waals surface area contributed by atoms with Gasteiger partial charge in [-0.05, 0) is 48.6 Å². The van der Waals surface area contributed by atoms with Gasteiger partial charge in [0.05, 0.1) is 10.9 Å². The Kier molecular flexibility index (Phi) is 6.59. The highest BCUT2D eigenvalue weighted by molar-refractivity contribution is 7.99. The summed E-state index contributed by atoms with van der Waals surface area (Å²) in [5.41, 5.74) is 0.448. The summed E-state index contributed by atoms with van der Waals surface area (Å²) >= 11 is 1.63. The topological polar surface area (TPSA) is 74.8 Å². The van der Waals surface area contributed by atoms with Crippen LogP contribution in [0.4, 0.5) is 4.39 Å². The number of nitrogens with one attached hydrogen (secondary N) is 2. The third kappa shape index (κ3) is 5.65. The molecule has 2 N–H and O–H groups in total. The molecule has 3 aromatic rings. The number of nitrogens with zero attached hydrogens (tertiary/aromatic N) is 1. The summed E-state index contributed by atoms with van der Waals surface area (Å²) in [5.74, 6) is 1.04. The molecular weight excluding hydrogens is 365 g/mol. The molecule has 0 unspecified atom stereocenters. The van der Waals surface area contributed by atoms with E-state index in [9.17, 15) is 14.0 Å². The average molecular weight is 385 g/mol. The van der Waals surface area contributed by atoms with Gasteiger partial charge in [0.1, 0.15) is 11.6 Å². The third-order valence-corrected chi connectivity index (χ3v) is 5.07. The average Bonchev–Trinajstić information content (AvgIpc) is 2.67. The lowest BCUT2D eigenvalue weighted by atomic mass is 10.2. The minimum absolute atomic E-state index is 0.0717. The zero-order valence-electron chi connectivity index (χ0n) is 14.7. The summed E-state index contributed by atoms with van der Waals surface area (Å²) in [7, 11) is 0. The lowest BCUT2D eigenvalue weighted by Gasteiger charge is -2.06. The largest absolute Gasteiger partial charge is 0.356 e. The second-order valence-electron chi connectivity index (χ2n) is 6.04. The van der Waals surface area contributed by atoms with E-state index >= 15 is 0 Å². The molecule has 0 radical (unpaired) electrons. The van der Waals surface area contributed by atoms with Gasteiger partial charge in [-0.2, -0.15) is 0 Å². The van der Waals surface area contributed by atoms with Crippen LogP contribution in [0.1, 0.15) is 18.7 Å². The van der Waals surface area contributed by atoms with Crippen LogP contribution in [0.15, 0.2) is 58.2 Å². The number of carbonyl (C=O) groups excluding carboxylic acids is 1. The first kappa shape index (κ1) is 19.1. The van der Waals surface area contributed by atoms with Crippen LogP contribution in [0.2, 0.25) is 0 Å². The van der Waals surface area contributed by atoms with Crippen LogP contribution in [-0.4, -0.2) is 28.2 Å². The second-order valence-corrected chi connectivity index (χ2v) is 7.20. The Hall–Kier alpha value is -2.67. The number of aromatic amines is 1. The van der Waals surface area contributed by atoms with Gasteiger partial charge in [-0.1, -0.05) is 12.1 Å². The zero-order chi connectivity index (χ0) is 19.1. The van der Waals surface area contributed by atoms with Crippen molar-refractivity contribution in [3.05, 3.63) is 70.5 Å². The molecule has 0 fully saturated rings. The lowest BCUT2D eigenvalue weighted by molar-refractivity contribution is -0.121. The summed E-state index contributed by atoms with van der Waals surface area (Å²) in [6.07, 6.45) is 1.47. The predicted octanol–water partition coefficient (Wildman–Crippen LogP) is 3.29. The van der Waals surface area contributed by atoms with Crippen molar-refractivity contribution in [3.63, 3.8) is 0 Å². The van der Waals surface area contributed by atoms with Crippen molar-refractivity contribution in [2.24, 2.45) is 0 Å². The highest BCUT2D eigenvalue weighted by Gasteiger charge is 2.06. The molecule has 0 atom stereocenters. The quantitative estimate of drug-likeness (QED) is 0.461. The van der Waals surface area contributed by atoms with E-state index in [2.05, 4.69) is 15.3 Å². The molecule has 140 valence electrons. The third-order valence-electron chi connectivity index (χ3n) is 3.98. The van der Waals surface area contributed by atoms with Gasteiger partial charge in [-0.3, -0.25) is 9.59 Å². The predicted molar refractivity (Wildman–Crippen MR) is 105 cm³/mol. The smallest absolute Gasteiger partial charge is 0.258 e.